The SMILES string of the molecule is CNCc1nnc(-c2c(C)cccc2C)s1. The molecule has 1 aromatic carbocycles. The largest absolute Gasteiger partial charge is 0.313 e. The van der Waals surface area contributed by atoms with Crippen molar-refractivity contribution < 1.29 is 0 Å². The van der Waals surface area contributed by atoms with Gasteiger partial charge in [-0.1, -0.05) is 29.5 Å². The van der Waals surface area contributed by atoms with Gasteiger partial charge in [-0.25, -0.2) is 0 Å². The Balaban J connectivity index is 2.42. The van der Waals surface area contributed by atoms with Gasteiger partial charge in [0, 0.05) is 12.1 Å². The van der Waals surface area contributed by atoms with E-state index in [0.29, 0.717) is 0 Å². The van der Waals surface area contributed by atoms with Crippen LogP contribution in [0.2, 0.25) is 0 Å². The van der Waals surface area contributed by atoms with Crippen molar-refractivity contribution in [2.75, 3.05) is 7.05 Å². The zero-order valence-corrected chi connectivity index (χ0v) is 10.6. The van der Waals surface area contributed by atoms with Crippen LogP contribution in [0.3, 0.4) is 0 Å². The molecule has 0 atom stereocenters. The number of benzene rings is 1. The highest BCUT2D eigenvalue weighted by Crippen LogP contribution is 2.29. The van der Waals surface area contributed by atoms with Gasteiger partial charge in [0.25, 0.3) is 0 Å². The van der Waals surface area contributed by atoms with Gasteiger partial charge in [0.1, 0.15) is 10.0 Å². The molecule has 2 aromatic rings. The van der Waals surface area contributed by atoms with Crippen LogP contribution in [0.1, 0.15) is 16.1 Å². The van der Waals surface area contributed by atoms with E-state index in [0.717, 1.165) is 16.6 Å². The molecule has 3 nitrogen and oxygen atoms in total. The molecule has 4 heteroatoms. The average Bonchev–Trinajstić information content (AvgIpc) is 2.67. The number of hydrogen-bond acceptors (Lipinski definition) is 4. The molecule has 2 rings (SSSR count). The number of nitrogens with one attached hydrogen (secondary N) is 1. The third kappa shape index (κ3) is 2.13. The van der Waals surface area contributed by atoms with Crippen LogP contribution < -0.4 is 5.32 Å². The maximum absolute atomic E-state index is 4.26. The number of aryl methyl sites for hydroxylation is 2. The molecule has 0 spiro atoms. The van der Waals surface area contributed by atoms with Crippen LogP contribution in [-0.2, 0) is 6.54 Å². The highest BCUT2D eigenvalue weighted by molar-refractivity contribution is 7.14. The van der Waals surface area contributed by atoms with Crippen LogP contribution in [0.25, 0.3) is 10.6 Å². The van der Waals surface area contributed by atoms with Gasteiger partial charge in [-0.3, -0.25) is 0 Å². The number of aromatic nitrogens is 2. The fourth-order valence-corrected chi connectivity index (χ4v) is 2.76. The van der Waals surface area contributed by atoms with Gasteiger partial charge in [0.15, 0.2) is 0 Å². The second-order valence-electron chi connectivity index (χ2n) is 3.80. The van der Waals surface area contributed by atoms with E-state index in [2.05, 4.69) is 47.6 Å². The molecule has 0 bridgehead atoms. The van der Waals surface area contributed by atoms with Crippen molar-refractivity contribution in [2.24, 2.45) is 0 Å². The van der Waals surface area contributed by atoms with E-state index in [1.807, 2.05) is 7.05 Å². The van der Waals surface area contributed by atoms with Crippen molar-refractivity contribution >= 4 is 11.3 Å². The summed E-state index contributed by atoms with van der Waals surface area (Å²) in [4.78, 5) is 0. The first-order chi connectivity index (χ1) is 7.72. The Kier molecular flexibility index (Phi) is 3.31. The van der Waals surface area contributed by atoms with Crippen molar-refractivity contribution in [3.8, 4) is 10.6 Å². The van der Waals surface area contributed by atoms with Crippen molar-refractivity contribution in [3.63, 3.8) is 0 Å². The van der Waals surface area contributed by atoms with Gasteiger partial charge in [0.05, 0.1) is 0 Å². The van der Waals surface area contributed by atoms with E-state index < -0.39 is 0 Å². The minimum atomic E-state index is 0.780. The molecular weight excluding hydrogens is 218 g/mol. The summed E-state index contributed by atoms with van der Waals surface area (Å²) >= 11 is 1.65. The molecule has 1 heterocycles. The lowest BCUT2D eigenvalue weighted by atomic mass is 10.0. The summed E-state index contributed by atoms with van der Waals surface area (Å²) in [5.41, 5.74) is 3.74. The maximum Gasteiger partial charge on any atom is 0.148 e. The lowest BCUT2D eigenvalue weighted by molar-refractivity contribution is 0.794. The fourth-order valence-electron chi connectivity index (χ4n) is 1.73. The molecule has 0 aliphatic rings. The molecule has 16 heavy (non-hydrogen) atoms. The van der Waals surface area contributed by atoms with Crippen molar-refractivity contribution in [2.45, 2.75) is 20.4 Å². The van der Waals surface area contributed by atoms with E-state index in [1.54, 1.807) is 11.3 Å². The first-order valence-corrected chi connectivity index (χ1v) is 6.07. The molecule has 0 radical (unpaired) electrons. The third-order valence-corrected chi connectivity index (χ3v) is 3.43. The molecule has 1 N–H and O–H groups in total. The fraction of sp³-hybridized carbons (Fsp3) is 0.333. The predicted molar refractivity (Wildman–Crippen MR) is 67.6 cm³/mol. The Morgan fingerprint density at radius 2 is 1.88 bits per heavy atom. The van der Waals surface area contributed by atoms with Crippen LogP contribution >= 0.6 is 11.3 Å². The minimum Gasteiger partial charge on any atom is -0.313 e. The summed E-state index contributed by atoms with van der Waals surface area (Å²) in [6, 6.07) is 6.30. The average molecular weight is 233 g/mol. The van der Waals surface area contributed by atoms with Crippen molar-refractivity contribution in [1.29, 1.82) is 0 Å². The second-order valence-corrected chi connectivity index (χ2v) is 4.86. The Morgan fingerprint density at radius 1 is 1.19 bits per heavy atom. The molecule has 0 saturated heterocycles. The van der Waals surface area contributed by atoms with Crippen molar-refractivity contribution in [1.82, 2.24) is 15.5 Å². The van der Waals surface area contributed by atoms with Gasteiger partial charge < -0.3 is 5.32 Å². The van der Waals surface area contributed by atoms with Crippen molar-refractivity contribution in [3.05, 3.63) is 34.3 Å². The topological polar surface area (TPSA) is 37.8 Å². The Bertz CT molecular complexity index is 471. The van der Waals surface area contributed by atoms with Gasteiger partial charge in [-0.15, -0.1) is 10.2 Å². The Morgan fingerprint density at radius 3 is 2.50 bits per heavy atom. The summed E-state index contributed by atoms with van der Waals surface area (Å²) < 4.78 is 0. The monoisotopic (exact) mass is 233 g/mol. The Hall–Kier alpha value is -1.26. The van der Waals surface area contributed by atoms with Crippen LogP contribution in [-0.4, -0.2) is 17.2 Å². The maximum atomic E-state index is 4.26. The zero-order valence-electron chi connectivity index (χ0n) is 9.74. The lowest BCUT2D eigenvalue weighted by Crippen LogP contribution is -2.04. The zero-order chi connectivity index (χ0) is 11.5. The quantitative estimate of drug-likeness (QED) is 0.885. The number of hydrogen-bond donors (Lipinski definition) is 1. The third-order valence-electron chi connectivity index (χ3n) is 2.49. The summed E-state index contributed by atoms with van der Waals surface area (Å²) in [5.74, 6) is 0. The van der Waals surface area contributed by atoms with E-state index in [4.69, 9.17) is 0 Å². The van der Waals surface area contributed by atoms with Crippen LogP contribution in [0.5, 0.6) is 0 Å². The first kappa shape index (κ1) is 11.2. The molecule has 0 amide bonds. The van der Waals surface area contributed by atoms with E-state index in [1.165, 1.54) is 16.7 Å². The molecule has 1 aromatic heterocycles. The summed E-state index contributed by atoms with van der Waals surface area (Å²) in [5, 5.41) is 13.6. The normalized spacial score (nSPS) is 10.7. The van der Waals surface area contributed by atoms with Gasteiger partial charge in [-0.05, 0) is 32.0 Å². The van der Waals surface area contributed by atoms with E-state index >= 15 is 0 Å². The van der Waals surface area contributed by atoms with Crippen LogP contribution in [0.15, 0.2) is 18.2 Å². The molecule has 0 saturated carbocycles. The number of nitrogens with zero attached hydrogens (tertiary/aromatic N) is 2. The minimum absolute atomic E-state index is 0.780. The molecule has 0 aliphatic carbocycles. The van der Waals surface area contributed by atoms with Crippen LogP contribution in [0, 0.1) is 13.8 Å². The molecule has 0 aliphatic heterocycles. The first-order valence-electron chi connectivity index (χ1n) is 5.26. The highest BCUT2D eigenvalue weighted by Gasteiger charge is 2.10. The second kappa shape index (κ2) is 4.72. The predicted octanol–water partition coefficient (Wildman–Crippen LogP) is 2.54. The molecular formula is C12H15N3S. The smallest absolute Gasteiger partial charge is 0.148 e. The lowest BCUT2D eigenvalue weighted by Gasteiger charge is -2.04. The van der Waals surface area contributed by atoms with E-state index in [-0.39, 0.29) is 0 Å². The summed E-state index contributed by atoms with van der Waals surface area (Å²) in [6.45, 7) is 5.01. The summed E-state index contributed by atoms with van der Waals surface area (Å²) in [7, 11) is 1.92. The molecule has 0 unspecified atom stereocenters. The van der Waals surface area contributed by atoms with Gasteiger partial charge >= 0.3 is 0 Å². The Labute approximate surface area is 99.5 Å². The van der Waals surface area contributed by atoms with E-state index in [9.17, 15) is 0 Å². The molecule has 84 valence electrons. The highest BCUT2D eigenvalue weighted by atomic mass is 32.1. The van der Waals surface area contributed by atoms with Gasteiger partial charge in [-0.2, -0.15) is 0 Å². The molecule has 0 fully saturated rings. The van der Waals surface area contributed by atoms with Gasteiger partial charge in [0.2, 0.25) is 0 Å². The number of rotatable bonds is 3. The summed E-state index contributed by atoms with van der Waals surface area (Å²) in [6.07, 6.45) is 0. The van der Waals surface area contributed by atoms with Crippen LogP contribution in [0.4, 0.5) is 0 Å². The standard InChI is InChI=1S/C12H15N3S/c1-8-5-4-6-9(2)11(8)12-15-14-10(16-12)7-13-3/h4-6,13H,7H2,1-3H3.